The van der Waals surface area contributed by atoms with Gasteiger partial charge in [-0.25, -0.2) is 18.5 Å². The number of benzene rings is 2. The molecular weight excluding hydrogens is 467 g/mol. The van der Waals surface area contributed by atoms with Crippen LogP contribution in [0, 0.1) is 0 Å². The van der Waals surface area contributed by atoms with Crippen LogP contribution in [0.25, 0.3) is 11.0 Å². The molecule has 0 radical (unpaired) electrons. The third kappa shape index (κ3) is 5.37. The first kappa shape index (κ1) is 24.5. The second-order valence-corrected chi connectivity index (χ2v) is 10.1. The van der Waals surface area contributed by atoms with Gasteiger partial charge in [-0.3, -0.25) is 4.90 Å². The number of rotatable bonds is 7. The van der Waals surface area contributed by atoms with Crippen LogP contribution in [0.5, 0.6) is 0 Å². The van der Waals surface area contributed by atoms with Crippen LogP contribution in [-0.4, -0.2) is 49.0 Å². The van der Waals surface area contributed by atoms with E-state index in [-0.39, 0.29) is 4.90 Å². The first-order chi connectivity index (χ1) is 16.1. The molecule has 2 aromatic carbocycles. The molecule has 0 bridgehead atoms. The van der Waals surface area contributed by atoms with Crippen molar-refractivity contribution >= 4 is 26.7 Å². The van der Waals surface area contributed by atoms with Crippen LogP contribution in [0.4, 0.5) is 18.9 Å². The number of alkyl halides is 3. The second-order valence-electron chi connectivity index (χ2n) is 8.54. The summed E-state index contributed by atoms with van der Waals surface area (Å²) in [5.41, 5.74) is 1.37. The number of unbranched alkanes of at least 4 members (excludes halogenated alkanes) is 1. The number of hydrogen-bond acceptors (Lipinski definition) is 5. The van der Waals surface area contributed by atoms with Crippen molar-refractivity contribution in [3.05, 3.63) is 53.9 Å². The third-order valence-corrected chi connectivity index (χ3v) is 7.05. The van der Waals surface area contributed by atoms with Crippen molar-refractivity contribution in [2.75, 3.05) is 31.1 Å². The zero-order valence-electron chi connectivity index (χ0n) is 18.9. The van der Waals surface area contributed by atoms with E-state index >= 15 is 0 Å². The van der Waals surface area contributed by atoms with Gasteiger partial charge in [0.05, 0.1) is 28.0 Å². The molecule has 7 nitrogen and oxygen atoms in total. The molecule has 1 aliphatic heterocycles. The highest BCUT2D eigenvalue weighted by Crippen LogP contribution is 2.32. The first-order valence-corrected chi connectivity index (χ1v) is 12.8. The van der Waals surface area contributed by atoms with Crippen LogP contribution in [0.1, 0.15) is 31.2 Å². The maximum absolute atomic E-state index is 13.1. The number of primary sulfonamides is 1. The van der Waals surface area contributed by atoms with Crippen molar-refractivity contribution < 1.29 is 21.6 Å². The normalized spacial score (nSPS) is 15.9. The molecule has 0 aliphatic carbocycles. The van der Waals surface area contributed by atoms with E-state index in [1.807, 2.05) is 4.90 Å². The maximum atomic E-state index is 13.1. The molecule has 0 spiro atoms. The highest BCUT2D eigenvalue weighted by atomic mass is 32.2. The molecule has 1 saturated heterocycles. The van der Waals surface area contributed by atoms with Crippen LogP contribution in [0.2, 0.25) is 0 Å². The van der Waals surface area contributed by atoms with Crippen molar-refractivity contribution in [1.29, 1.82) is 0 Å². The SMILES string of the molecule is CCCCn1c(CN2CCN(c3cccc(C(F)(F)F)c3)CC2)nc2cc(S(N)(=O)=O)ccc21. The van der Waals surface area contributed by atoms with Gasteiger partial charge < -0.3 is 9.47 Å². The number of fused-ring (bicyclic) bond motifs is 1. The minimum atomic E-state index is -4.36. The lowest BCUT2D eigenvalue weighted by atomic mass is 10.1. The summed E-state index contributed by atoms with van der Waals surface area (Å²) in [5.74, 6) is 0.836. The average molecular weight is 496 g/mol. The van der Waals surface area contributed by atoms with Gasteiger partial charge in [-0.15, -0.1) is 0 Å². The van der Waals surface area contributed by atoms with Crippen LogP contribution < -0.4 is 10.0 Å². The Hall–Kier alpha value is -2.63. The Balaban J connectivity index is 1.51. The number of hydrogen-bond donors (Lipinski definition) is 1. The molecule has 11 heteroatoms. The summed E-state index contributed by atoms with van der Waals surface area (Å²) in [7, 11) is -3.82. The predicted octanol–water partition coefficient (Wildman–Crippen LogP) is 3.82. The summed E-state index contributed by atoms with van der Waals surface area (Å²) >= 11 is 0. The summed E-state index contributed by atoms with van der Waals surface area (Å²) in [5, 5.41) is 5.28. The molecule has 3 aromatic rings. The minimum absolute atomic E-state index is 0.0291. The van der Waals surface area contributed by atoms with Gasteiger partial charge in [0.15, 0.2) is 0 Å². The van der Waals surface area contributed by atoms with E-state index < -0.39 is 21.8 Å². The van der Waals surface area contributed by atoms with E-state index in [1.54, 1.807) is 12.1 Å². The second kappa shape index (κ2) is 9.55. The van der Waals surface area contributed by atoms with Crippen molar-refractivity contribution in [3.8, 4) is 0 Å². The standard InChI is InChI=1S/C23H28F3N5O2S/c1-2-3-9-31-21-8-7-19(34(27,32)33)15-20(21)28-22(31)16-29-10-12-30(13-11-29)18-6-4-5-17(14-18)23(24,25)26/h4-8,14-15H,2-3,9-13,16H2,1H3,(H2,27,32,33). The van der Waals surface area contributed by atoms with Gasteiger partial charge in [-0.1, -0.05) is 19.4 Å². The average Bonchev–Trinajstić information content (AvgIpc) is 3.13. The molecule has 1 fully saturated rings. The van der Waals surface area contributed by atoms with Crippen molar-refractivity contribution in [2.45, 2.75) is 43.9 Å². The topological polar surface area (TPSA) is 84.5 Å². The lowest BCUT2D eigenvalue weighted by molar-refractivity contribution is -0.137. The fourth-order valence-corrected chi connectivity index (χ4v) is 4.80. The monoisotopic (exact) mass is 495 g/mol. The highest BCUT2D eigenvalue weighted by Gasteiger charge is 2.31. The molecule has 0 amide bonds. The molecule has 2 heterocycles. The van der Waals surface area contributed by atoms with Gasteiger partial charge in [0.25, 0.3) is 0 Å². The molecule has 1 aromatic heterocycles. The Kier molecular flexibility index (Phi) is 6.88. The lowest BCUT2D eigenvalue weighted by Gasteiger charge is -2.36. The Morgan fingerprint density at radius 1 is 1.06 bits per heavy atom. The Labute approximate surface area is 197 Å². The summed E-state index contributed by atoms with van der Waals surface area (Å²) in [6.07, 6.45) is -2.40. The van der Waals surface area contributed by atoms with Crippen LogP contribution in [0.3, 0.4) is 0 Å². The molecule has 184 valence electrons. The molecule has 0 saturated carbocycles. The number of anilines is 1. The number of aromatic nitrogens is 2. The Bertz CT molecular complexity index is 1270. The molecule has 1 aliphatic rings. The van der Waals surface area contributed by atoms with Crippen LogP contribution >= 0.6 is 0 Å². The van der Waals surface area contributed by atoms with Crippen LogP contribution in [-0.2, 0) is 29.3 Å². The van der Waals surface area contributed by atoms with E-state index in [1.165, 1.54) is 24.3 Å². The predicted molar refractivity (Wildman–Crippen MR) is 125 cm³/mol. The quantitative estimate of drug-likeness (QED) is 0.539. The summed E-state index contributed by atoms with van der Waals surface area (Å²) < 4.78 is 64.8. The van der Waals surface area contributed by atoms with E-state index in [9.17, 15) is 21.6 Å². The van der Waals surface area contributed by atoms with Crippen molar-refractivity contribution in [3.63, 3.8) is 0 Å². The third-order valence-electron chi connectivity index (χ3n) is 6.14. The van der Waals surface area contributed by atoms with Gasteiger partial charge in [-0.05, 0) is 42.8 Å². The van der Waals surface area contributed by atoms with Gasteiger partial charge >= 0.3 is 6.18 Å². The summed E-state index contributed by atoms with van der Waals surface area (Å²) in [6, 6.07) is 10.2. The smallest absolute Gasteiger partial charge is 0.369 e. The van der Waals surface area contributed by atoms with Gasteiger partial charge in [0.1, 0.15) is 5.82 Å². The van der Waals surface area contributed by atoms with Gasteiger partial charge in [-0.2, -0.15) is 13.2 Å². The zero-order chi connectivity index (χ0) is 24.5. The van der Waals surface area contributed by atoms with E-state index in [2.05, 4.69) is 16.4 Å². The van der Waals surface area contributed by atoms with Crippen molar-refractivity contribution in [1.82, 2.24) is 14.5 Å². The highest BCUT2D eigenvalue weighted by molar-refractivity contribution is 7.89. The number of nitrogens with zero attached hydrogens (tertiary/aromatic N) is 4. The zero-order valence-corrected chi connectivity index (χ0v) is 19.7. The Morgan fingerprint density at radius 2 is 1.79 bits per heavy atom. The number of piperazine rings is 1. The Morgan fingerprint density at radius 3 is 2.44 bits per heavy atom. The van der Waals surface area contributed by atoms with E-state index in [4.69, 9.17) is 10.1 Å². The molecule has 0 unspecified atom stereocenters. The summed E-state index contributed by atoms with van der Waals surface area (Å²) in [6.45, 7) is 6.00. The fourth-order valence-electron chi connectivity index (χ4n) is 4.27. The van der Waals surface area contributed by atoms with Gasteiger partial charge in [0.2, 0.25) is 10.0 Å². The number of aryl methyl sites for hydroxylation is 1. The summed E-state index contributed by atoms with van der Waals surface area (Å²) in [4.78, 5) is 8.92. The van der Waals surface area contributed by atoms with Gasteiger partial charge in [0, 0.05) is 38.4 Å². The molecule has 34 heavy (non-hydrogen) atoms. The largest absolute Gasteiger partial charge is 0.416 e. The fraction of sp³-hybridized carbons (Fsp3) is 0.435. The molecule has 2 N–H and O–H groups in total. The molecule has 0 atom stereocenters. The number of halogens is 3. The molecule has 4 rings (SSSR count). The number of nitrogens with two attached hydrogens (primary N) is 1. The van der Waals surface area contributed by atoms with Crippen LogP contribution in [0.15, 0.2) is 47.4 Å². The minimum Gasteiger partial charge on any atom is -0.369 e. The number of sulfonamides is 1. The molecular formula is C23H28F3N5O2S. The number of imidazole rings is 1. The van der Waals surface area contributed by atoms with E-state index in [0.717, 1.165) is 36.8 Å². The lowest BCUT2D eigenvalue weighted by Crippen LogP contribution is -2.46. The van der Waals surface area contributed by atoms with E-state index in [0.29, 0.717) is 43.9 Å². The maximum Gasteiger partial charge on any atom is 0.416 e. The van der Waals surface area contributed by atoms with Crippen molar-refractivity contribution in [2.24, 2.45) is 5.14 Å². The first-order valence-electron chi connectivity index (χ1n) is 11.2.